The van der Waals surface area contributed by atoms with Crippen LogP contribution < -0.4 is 5.32 Å². The van der Waals surface area contributed by atoms with E-state index in [4.69, 9.17) is 54.2 Å². The highest BCUT2D eigenvalue weighted by Gasteiger charge is 2.39. The van der Waals surface area contributed by atoms with Crippen LogP contribution >= 0.6 is 0 Å². The molecule has 1 N–H and O–H groups in total. The SMILES string of the molecule is CN(C(=O)Nc1cnc(-c2cccc(F)c2)cn1)C1CCN(C(=O)C2CC2)CC1.[B][B][B]B([B][B])B(B([B][B])[B][B])B([B][B])B([B][B])[B][B]. The molecule has 2 aliphatic rings. The number of urea groups is 1. The minimum absolute atomic E-state index is 0.0813. The van der Waals surface area contributed by atoms with E-state index < -0.39 is 0 Å². The van der Waals surface area contributed by atoms with Gasteiger partial charge in [-0.05, 0) is 37.8 Å². The second-order valence-electron chi connectivity index (χ2n) is 12.1. The Morgan fingerprint density at radius 1 is 0.878 bits per heavy atom. The van der Waals surface area contributed by atoms with E-state index >= 15 is 0 Å². The fourth-order valence-electron chi connectivity index (χ4n) is 5.99. The van der Waals surface area contributed by atoms with Crippen molar-refractivity contribution in [3.8, 4) is 11.3 Å². The summed E-state index contributed by atoms with van der Waals surface area (Å²) in [5.41, 5.74) is 1.16. The Labute approximate surface area is 309 Å². The maximum Gasteiger partial charge on any atom is 0.323 e. The van der Waals surface area contributed by atoms with Gasteiger partial charge >= 0.3 is 6.03 Å². The molecule has 212 valence electrons. The molecule has 1 saturated carbocycles. The summed E-state index contributed by atoms with van der Waals surface area (Å²) < 4.78 is 13.3. The number of hydrogen-bond donors (Lipinski definition) is 1. The monoisotopic (exact) mass is 617 g/mol. The van der Waals surface area contributed by atoms with Crippen LogP contribution in [0.25, 0.3) is 11.3 Å². The first-order chi connectivity index (χ1) is 23.6. The third-order valence-corrected chi connectivity index (χ3v) is 9.02. The number of anilines is 1. The van der Waals surface area contributed by atoms with Gasteiger partial charge < -0.3 is 9.80 Å². The Hall–Kier alpha value is -1.73. The van der Waals surface area contributed by atoms with Gasteiger partial charge in [-0.25, -0.2) is 14.2 Å². The number of benzene rings is 1. The minimum atomic E-state index is -0.340. The van der Waals surface area contributed by atoms with Crippen LogP contribution in [0, 0.1) is 11.7 Å². The van der Waals surface area contributed by atoms with E-state index in [1.54, 1.807) is 31.1 Å². The molecule has 22 radical (unpaired) electrons. The molecule has 2 fully saturated rings. The van der Waals surface area contributed by atoms with Gasteiger partial charge in [0.1, 0.15) is 5.82 Å². The number of aromatic nitrogens is 2. The van der Waals surface area contributed by atoms with Crippen LogP contribution in [0.3, 0.4) is 0 Å². The van der Waals surface area contributed by atoms with Gasteiger partial charge in [-0.2, -0.15) is 0 Å². The highest BCUT2D eigenvalue weighted by molar-refractivity contribution is 8.14. The van der Waals surface area contributed by atoms with Crippen LogP contribution in [-0.2, 0) is 4.79 Å². The predicted octanol–water partition coefficient (Wildman–Crippen LogP) is -4.47. The van der Waals surface area contributed by atoms with Crippen LogP contribution in [0.15, 0.2) is 36.7 Å². The Morgan fingerprint density at radius 3 is 2.00 bits per heavy atom. The van der Waals surface area contributed by atoms with Crippen LogP contribution in [0.5, 0.6) is 0 Å². The van der Waals surface area contributed by atoms with Crippen LogP contribution in [0.4, 0.5) is 15.0 Å². The summed E-state index contributed by atoms with van der Waals surface area (Å²) >= 11 is 0. The topological polar surface area (TPSA) is 78.4 Å². The van der Waals surface area contributed by atoms with Gasteiger partial charge in [0.05, 0.1) is 18.1 Å². The van der Waals surface area contributed by atoms with E-state index in [1.807, 2.05) is 4.90 Å². The molecule has 0 unspecified atom stereocenters. The highest BCUT2D eigenvalue weighted by Crippen LogP contribution is 2.32. The van der Waals surface area contributed by atoms with Gasteiger partial charge in [0.15, 0.2) is 5.82 Å². The number of nitrogens with one attached hydrogen (secondary N) is 1. The van der Waals surface area contributed by atoms with E-state index in [0.29, 0.717) is 30.2 Å². The molecule has 0 bridgehead atoms. The molecule has 7 nitrogen and oxygen atoms in total. The van der Waals surface area contributed by atoms with Crippen molar-refractivity contribution < 1.29 is 14.0 Å². The molecule has 0 atom stereocenters. The van der Waals surface area contributed by atoms with Crippen molar-refractivity contribution in [2.45, 2.75) is 31.7 Å². The summed E-state index contributed by atoms with van der Waals surface area (Å²) in [5.74, 6) is 0.502. The largest absolute Gasteiger partial charge is 0.342 e. The summed E-state index contributed by atoms with van der Waals surface area (Å²) in [6.07, 6.45) is 5.54. The van der Waals surface area contributed by atoms with Gasteiger partial charge in [-0.3, -0.25) is 15.1 Å². The standard InChI is InChI=1S/C21H24FN5O2.B20/c1-26(17-7-9-27(10-8-17)20(28)14-5-6-14)21(29)25-19-13-23-18(12-24-19)15-3-2-4-16(22)11-15;1-8-15-18(13-6)20(17(11-4)12-5)19(14-7)16(9-2)10-3/h2-4,11-14,17H,5-10H2,1H3,(H,24,25,29);. The Balaban J connectivity index is 0.000000288. The maximum absolute atomic E-state index is 13.3. The lowest BCUT2D eigenvalue weighted by Gasteiger charge is -2.38. The molecular weight excluding hydrogens is 590 g/mol. The zero-order valence-electron chi connectivity index (χ0n) is 27.9. The van der Waals surface area contributed by atoms with Crippen molar-refractivity contribution in [3.05, 3.63) is 42.5 Å². The van der Waals surface area contributed by atoms with E-state index in [9.17, 15) is 14.0 Å². The summed E-state index contributed by atoms with van der Waals surface area (Å²) in [6.45, 7) is 1.39. The quantitative estimate of drug-likeness (QED) is 0.194. The maximum atomic E-state index is 13.3. The first-order valence-corrected chi connectivity index (χ1v) is 16.2. The number of hydrogen-bond acceptors (Lipinski definition) is 4. The number of amides is 3. The molecule has 28 heteroatoms. The summed E-state index contributed by atoms with van der Waals surface area (Å²) in [6, 6.07) is 5.94. The number of carbonyl (C=O) groups excluding carboxylic acids is 2. The lowest BCUT2D eigenvalue weighted by molar-refractivity contribution is -0.133. The smallest absolute Gasteiger partial charge is 0.323 e. The average molecular weight is 614 g/mol. The second kappa shape index (κ2) is 21.6. The summed E-state index contributed by atoms with van der Waals surface area (Å²) in [4.78, 5) is 36.8. The summed E-state index contributed by atoms with van der Waals surface area (Å²) in [5, 5.41) is 2.75. The van der Waals surface area contributed by atoms with Crippen molar-refractivity contribution in [1.29, 1.82) is 0 Å². The third-order valence-electron chi connectivity index (χ3n) is 9.02. The number of likely N-dealkylation sites (tertiary alicyclic amines) is 1. The number of rotatable bonds is 16. The van der Waals surface area contributed by atoms with Gasteiger partial charge in [0, 0.05) is 180 Å². The zero-order chi connectivity index (χ0) is 35.9. The highest BCUT2D eigenvalue weighted by atomic mass is 19.1. The van der Waals surface area contributed by atoms with E-state index in [1.165, 1.54) is 74.0 Å². The first-order valence-electron chi connectivity index (χ1n) is 16.2. The fraction of sp³-hybridized carbons (Fsp3) is 0.429. The molecule has 0 spiro atoms. The van der Waals surface area contributed by atoms with Gasteiger partial charge in [0.25, 0.3) is 0 Å². The molecule has 1 aliphatic carbocycles. The minimum Gasteiger partial charge on any atom is -0.342 e. The van der Waals surface area contributed by atoms with Crippen molar-refractivity contribution >= 4 is 160 Å². The number of halogens is 1. The van der Waals surface area contributed by atoms with Crippen molar-refractivity contribution in [3.63, 3.8) is 0 Å². The van der Waals surface area contributed by atoms with Gasteiger partial charge in [-0.15, -0.1) is 0 Å². The predicted molar refractivity (Wildman–Crippen MR) is 222 cm³/mol. The Kier molecular flexibility index (Phi) is 18.4. The second-order valence-corrected chi connectivity index (χ2v) is 12.1. The van der Waals surface area contributed by atoms with Crippen molar-refractivity contribution in [2.75, 3.05) is 25.5 Å². The van der Waals surface area contributed by atoms with Crippen LogP contribution in [0.1, 0.15) is 25.7 Å². The molecular formula is C21H24B20FN5O2. The van der Waals surface area contributed by atoms with Crippen LogP contribution in [0.2, 0.25) is 0 Å². The number of carbonyl (C=O) groups is 2. The van der Waals surface area contributed by atoms with E-state index in [2.05, 4.69) is 15.3 Å². The molecule has 3 amide bonds. The molecule has 2 aromatic rings. The third kappa shape index (κ3) is 12.2. The molecule has 49 heavy (non-hydrogen) atoms. The molecule has 1 aromatic heterocycles. The van der Waals surface area contributed by atoms with Gasteiger partial charge in [0.2, 0.25) is 5.91 Å². The van der Waals surface area contributed by atoms with E-state index in [0.717, 1.165) is 25.7 Å². The molecule has 2 heterocycles. The number of nitrogens with zero attached hydrogens (tertiary/aromatic N) is 4. The molecule has 1 saturated heterocycles. The average Bonchev–Trinajstić information content (AvgIpc) is 3.98. The summed E-state index contributed by atoms with van der Waals surface area (Å²) in [7, 11) is 53.4. The lowest BCUT2D eigenvalue weighted by atomic mass is 8.44. The first kappa shape index (κ1) is 41.7. The van der Waals surface area contributed by atoms with Crippen molar-refractivity contribution in [1.82, 2.24) is 19.8 Å². The van der Waals surface area contributed by atoms with Gasteiger partial charge in [-0.1, -0.05) is 12.1 Å². The lowest BCUT2D eigenvalue weighted by Crippen LogP contribution is -2.76. The van der Waals surface area contributed by atoms with Crippen LogP contribution in [-0.4, -0.2) is 200 Å². The Bertz CT molecular complexity index is 1290. The van der Waals surface area contributed by atoms with E-state index in [-0.39, 0.29) is 61.6 Å². The molecule has 1 aromatic carbocycles. The fourth-order valence-corrected chi connectivity index (χ4v) is 5.99. The Morgan fingerprint density at radius 2 is 1.51 bits per heavy atom. The molecule has 4 rings (SSSR count). The normalized spacial score (nSPS) is 13.6. The zero-order valence-corrected chi connectivity index (χ0v) is 27.9. The number of piperidine rings is 1. The molecule has 1 aliphatic heterocycles. The van der Waals surface area contributed by atoms with Crippen molar-refractivity contribution in [2.24, 2.45) is 5.92 Å².